The van der Waals surface area contributed by atoms with Crippen LogP contribution in [0, 0.1) is 6.92 Å². The lowest BCUT2D eigenvalue weighted by molar-refractivity contribution is -0.137. The van der Waals surface area contributed by atoms with Crippen molar-refractivity contribution in [1.29, 1.82) is 0 Å². The molecule has 7 nitrogen and oxygen atoms in total. The Balaban J connectivity index is 2.16. The molecule has 1 aromatic heterocycles. The first-order chi connectivity index (χ1) is 10.9. The van der Waals surface area contributed by atoms with E-state index in [4.69, 9.17) is 9.84 Å². The average molecular weight is 317 g/mol. The van der Waals surface area contributed by atoms with E-state index in [0.29, 0.717) is 0 Å². The molecular formula is C16H19N3O4. The highest BCUT2D eigenvalue weighted by atomic mass is 16.5. The Morgan fingerprint density at radius 3 is 2.57 bits per heavy atom. The molecule has 23 heavy (non-hydrogen) atoms. The predicted molar refractivity (Wildman–Crippen MR) is 84.0 cm³/mol. The number of carboxylic acids is 1. The first-order valence-corrected chi connectivity index (χ1v) is 7.14. The Morgan fingerprint density at radius 1 is 1.35 bits per heavy atom. The van der Waals surface area contributed by atoms with Crippen molar-refractivity contribution in [3.63, 3.8) is 0 Å². The number of aliphatic carboxylic acids is 1. The summed E-state index contributed by atoms with van der Waals surface area (Å²) in [6.45, 7) is 3.48. The molecule has 0 aliphatic heterocycles. The molecule has 2 rings (SSSR count). The topological polar surface area (TPSA) is 93.5 Å². The summed E-state index contributed by atoms with van der Waals surface area (Å²) in [5, 5.41) is 15.6. The molecule has 1 amide bonds. The van der Waals surface area contributed by atoms with E-state index in [0.717, 1.165) is 17.1 Å². The lowest BCUT2D eigenvalue weighted by atomic mass is 10.2. The molecule has 7 heteroatoms. The van der Waals surface area contributed by atoms with Crippen LogP contribution >= 0.6 is 0 Å². The maximum Gasteiger partial charge on any atom is 0.305 e. The molecule has 1 aromatic carbocycles. The monoisotopic (exact) mass is 317 g/mol. The second kappa shape index (κ2) is 6.95. The molecule has 1 unspecified atom stereocenters. The zero-order valence-electron chi connectivity index (χ0n) is 13.2. The highest BCUT2D eigenvalue weighted by Gasteiger charge is 2.16. The van der Waals surface area contributed by atoms with Gasteiger partial charge in [-0.05, 0) is 44.2 Å². The Hall–Kier alpha value is -2.83. The summed E-state index contributed by atoms with van der Waals surface area (Å²) in [6, 6.07) is 8.50. The Morgan fingerprint density at radius 2 is 2.00 bits per heavy atom. The maximum absolute atomic E-state index is 12.1. The molecule has 2 aromatic rings. The molecule has 0 bridgehead atoms. The van der Waals surface area contributed by atoms with Gasteiger partial charge in [0, 0.05) is 11.7 Å². The van der Waals surface area contributed by atoms with Crippen LogP contribution in [-0.4, -0.2) is 39.9 Å². The minimum atomic E-state index is -0.960. The molecular weight excluding hydrogens is 298 g/mol. The van der Waals surface area contributed by atoms with Crippen molar-refractivity contribution < 1.29 is 19.4 Å². The fraction of sp³-hybridized carbons (Fsp3) is 0.312. The van der Waals surface area contributed by atoms with Gasteiger partial charge < -0.3 is 15.2 Å². The second-order valence-electron chi connectivity index (χ2n) is 5.25. The molecule has 0 fully saturated rings. The van der Waals surface area contributed by atoms with Crippen molar-refractivity contribution in [2.45, 2.75) is 26.3 Å². The Kier molecular flexibility index (Phi) is 5.00. The average Bonchev–Trinajstić information content (AvgIpc) is 2.88. The molecule has 1 atom stereocenters. The van der Waals surface area contributed by atoms with Gasteiger partial charge in [0.15, 0.2) is 5.69 Å². The number of hydrogen-bond acceptors (Lipinski definition) is 4. The molecule has 122 valence electrons. The van der Waals surface area contributed by atoms with E-state index in [9.17, 15) is 9.59 Å². The van der Waals surface area contributed by atoms with Crippen molar-refractivity contribution in [2.75, 3.05) is 7.11 Å². The van der Waals surface area contributed by atoms with Crippen molar-refractivity contribution >= 4 is 11.9 Å². The summed E-state index contributed by atoms with van der Waals surface area (Å²) in [6.07, 6.45) is -0.135. The third-order valence-corrected chi connectivity index (χ3v) is 3.30. The van der Waals surface area contributed by atoms with E-state index >= 15 is 0 Å². The molecule has 0 saturated carbocycles. The number of nitrogens with zero attached hydrogens (tertiary/aromatic N) is 2. The number of methoxy groups -OCH3 is 1. The highest BCUT2D eigenvalue weighted by molar-refractivity contribution is 5.92. The molecule has 0 saturated heterocycles. The van der Waals surface area contributed by atoms with Crippen LogP contribution in [0.1, 0.15) is 29.5 Å². The first kappa shape index (κ1) is 16.5. The van der Waals surface area contributed by atoms with Gasteiger partial charge >= 0.3 is 5.97 Å². The number of rotatable bonds is 6. The molecule has 0 radical (unpaired) electrons. The van der Waals surface area contributed by atoms with Crippen LogP contribution in [0.2, 0.25) is 0 Å². The van der Waals surface area contributed by atoms with E-state index in [-0.39, 0.29) is 12.1 Å². The number of benzene rings is 1. The Bertz CT molecular complexity index is 707. The summed E-state index contributed by atoms with van der Waals surface area (Å²) in [7, 11) is 1.59. The van der Waals surface area contributed by atoms with Crippen LogP contribution in [0.5, 0.6) is 5.75 Å². The molecule has 0 aliphatic carbocycles. The van der Waals surface area contributed by atoms with E-state index in [2.05, 4.69) is 10.4 Å². The van der Waals surface area contributed by atoms with E-state index < -0.39 is 17.9 Å². The number of carboxylic acid groups (broad SMARTS) is 1. The standard InChI is InChI=1S/C16H19N3O4/c1-10(8-15(20)21)17-16(22)14-9-11(2)19(18-14)12-4-6-13(23-3)7-5-12/h4-7,9-10H,8H2,1-3H3,(H,17,22)(H,20,21). The van der Waals surface area contributed by atoms with Gasteiger partial charge in [0.05, 0.1) is 19.2 Å². The van der Waals surface area contributed by atoms with Crippen LogP contribution in [0.4, 0.5) is 0 Å². The summed E-state index contributed by atoms with van der Waals surface area (Å²) in [5.41, 5.74) is 1.85. The van der Waals surface area contributed by atoms with Gasteiger partial charge in [-0.3, -0.25) is 9.59 Å². The molecule has 1 heterocycles. The number of hydrogen-bond donors (Lipinski definition) is 2. The van der Waals surface area contributed by atoms with Gasteiger partial charge in [0.25, 0.3) is 5.91 Å². The lowest BCUT2D eigenvalue weighted by Crippen LogP contribution is -2.34. The number of amides is 1. The minimum Gasteiger partial charge on any atom is -0.497 e. The zero-order chi connectivity index (χ0) is 17.0. The number of nitrogens with one attached hydrogen (secondary N) is 1. The zero-order valence-corrected chi connectivity index (χ0v) is 13.2. The summed E-state index contributed by atoms with van der Waals surface area (Å²) >= 11 is 0. The normalized spacial score (nSPS) is 11.8. The Labute approximate surface area is 133 Å². The largest absolute Gasteiger partial charge is 0.497 e. The van der Waals surface area contributed by atoms with Gasteiger partial charge in [0.2, 0.25) is 0 Å². The fourth-order valence-electron chi connectivity index (χ4n) is 2.18. The predicted octanol–water partition coefficient (Wildman–Crippen LogP) is 1.78. The maximum atomic E-state index is 12.1. The summed E-state index contributed by atoms with van der Waals surface area (Å²) < 4.78 is 6.76. The smallest absolute Gasteiger partial charge is 0.305 e. The van der Waals surface area contributed by atoms with Crippen LogP contribution in [0.25, 0.3) is 5.69 Å². The quantitative estimate of drug-likeness (QED) is 0.847. The van der Waals surface area contributed by atoms with Gasteiger partial charge in [-0.1, -0.05) is 0 Å². The SMILES string of the molecule is COc1ccc(-n2nc(C(=O)NC(C)CC(=O)O)cc2C)cc1. The van der Waals surface area contributed by atoms with Crippen molar-refractivity contribution in [1.82, 2.24) is 15.1 Å². The third-order valence-electron chi connectivity index (χ3n) is 3.30. The number of ether oxygens (including phenoxy) is 1. The van der Waals surface area contributed by atoms with Gasteiger partial charge in [-0.15, -0.1) is 0 Å². The second-order valence-corrected chi connectivity index (χ2v) is 5.25. The van der Waals surface area contributed by atoms with Crippen molar-refractivity contribution in [3.05, 3.63) is 41.7 Å². The summed E-state index contributed by atoms with van der Waals surface area (Å²) in [5.74, 6) is -0.620. The number of carbonyl (C=O) groups is 2. The number of aryl methyl sites for hydroxylation is 1. The van der Waals surface area contributed by atoms with Crippen molar-refractivity contribution in [3.8, 4) is 11.4 Å². The van der Waals surface area contributed by atoms with Crippen LogP contribution in [0.15, 0.2) is 30.3 Å². The first-order valence-electron chi connectivity index (χ1n) is 7.14. The molecule has 0 aliphatic rings. The van der Waals surface area contributed by atoms with Crippen LogP contribution < -0.4 is 10.1 Å². The van der Waals surface area contributed by atoms with Crippen molar-refractivity contribution in [2.24, 2.45) is 0 Å². The van der Waals surface area contributed by atoms with E-state index in [1.54, 1.807) is 24.8 Å². The fourth-order valence-corrected chi connectivity index (χ4v) is 2.18. The molecule has 2 N–H and O–H groups in total. The lowest BCUT2D eigenvalue weighted by Gasteiger charge is -2.09. The summed E-state index contributed by atoms with van der Waals surface area (Å²) in [4.78, 5) is 22.8. The minimum absolute atomic E-state index is 0.135. The van der Waals surface area contributed by atoms with E-state index in [1.807, 2.05) is 31.2 Å². The highest BCUT2D eigenvalue weighted by Crippen LogP contribution is 2.16. The van der Waals surface area contributed by atoms with Crippen LogP contribution in [-0.2, 0) is 4.79 Å². The van der Waals surface area contributed by atoms with Gasteiger partial charge in [-0.25, -0.2) is 4.68 Å². The number of aromatic nitrogens is 2. The molecule has 0 spiro atoms. The van der Waals surface area contributed by atoms with E-state index in [1.165, 1.54) is 0 Å². The van der Waals surface area contributed by atoms with Gasteiger partial charge in [0.1, 0.15) is 5.75 Å². The van der Waals surface area contributed by atoms with Gasteiger partial charge in [-0.2, -0.15) is 5.10 Å². The third kappa shape index (κ3) is 4.09. The van der Waals surface area contributed by atoms with Crippen LogP contribution in [0.3, 0.4) is 0 Å². The number of carbonyl (C=O) groups excluding carboxylic acids is 1.